The molecule has 2 rings (SSSR count). The zero-order valence-electron chi connectivity index (χ0n) is 10.0. The van der Waals surface area contributed by atoms with Crippen molar-refractivity contribution < 1.29 is 4.79 Å². The number of nitrogens with one attached hydrogen (secondary N) is 2. The first-order valence-electron chi connectivity index (χ1n) is 5.40. The topological polar surface area (TPSA) is 83.8 Å². The number of carbonyl (C=O) groups is 1. The summed E-state index contributed by atoms with van der Waals surface area (Å²) in [6.07, 6.45) is 1.49. The van der Waals surface area contributed by atoms with Gasteiger partial charge in [0.05, 0.1) is 17.3 Å². The van der Waals surface area contributed by atoms with E-state index in [1.165, 1.54) is 6.20 Å². The minimum Gasteiger partial charge on any atom is -0.389 e. The van der Waals surface area contributed by atoms with E-state index in [4.69, 9.17) is 18.0 Å². The fourth-order valence-electron chi connectivity index (χ4n) is 1.57. The molecule has 0 aliphatic rings. The lowest BCUT2D eigenvalue weighted by molar-refractivity contribution is 0.102. The van der Waals surface area contributed by atoms with Crippen LogP contribution in [0.1, 0.15) is 21.5 Å². The van der Waals surface area contributed by atoms with E-state index >= 15 is 0 Å². The third-order valence-corrected chi connectivity index (χ3v) is 4.23. The molecule has 2 aromatic rings. The van der Waals surface area contributed by atoms with Crippen molar-refractivity contribution in [2.24, 2.45) is 5.73 Å². The van der Waals surface area contributed by atoms with Gasteiger partial charge in [0, 0.05) is 3.57 Å². The Bertz CT molecular complexity index is 653. The monoisotopic (exact) mass is 386 g/mol. The molecule has 4 N–H and O–H groups in total. The number of benzene rings is 1. The average molecular weight is 386 g/mol. The highest BCUT2D eigenvalue weighted by Gasteiger charge is 2.15. The van der Waals surface area contributed by atoms with Crippen LogP contribution in [0.15, 0.2) is 24.4 Å². The van der Waals surface area contributed by atoms with Gasteiger partial charge >= 0.3 is 0 Å². The molecule has 0 unspecified atom stereocenters. The van der Waals surface area contributed by atoms with E-state index in [1.807, 2.05) is 19.1 Å². The third kappa shape index (κ3) is 2.92. The summed E-state index contributed by atoms with van der Waals surface area (Å²) in [6.45, 7) is 1.95. The molecule has 0 atom stereocenters. The van der Waals surface area contributed by atoms with Crippen molar-refractivity contribution in [3.63, 3.8) is 0 Å². The normalized spacial score (nSPS) is 10.2. The van der Waals surface area contributed by atoms with Gasteiger partial charge in [0.2, 0.25) is 0 Å². The molecule has 0 aliphatic heterocycles. The van der Waals surface area contributed by atoms with Crippen molar-refractivity contribution in [1.82, 2.24) is 10.2 Å². The van der Waals surface area contributed by atoms with Gasteiger partial charge in [-0.1, -0.05) is 24.4 Å². The number of rotatable bonds is 3. The second-order valence-electron chi connectivity index (χ2n) is 3.91. The number of aromatic nitrogens is 2. The third-order valence-electron chi connectivity index (χ3n) is 2.58. The molecule has 7 heteroatoms. The number of nitrogens with two attached hydrogens (primary N) is 1. The van der Waals surface area contributed by atoms with Crippen molar-refractivity contribution in [3.8, 4) is 0 Å². The molecule has 1 heterocycles. The van der Waals surface area contributed by atoms with Crippen LogP contribution in [0.3, 0.4) is 0 Å². The van der Waals surface area contributed by atoms with Crippen LogP contribution in [-0.4, -0.2) is 21.1 Å². The Kier molecular flexibility index (Phi) is 4.15. The maximum Gasteiger partial charge on any atom is 0.257 e. The average Bonchev–Trinajstić information content (AvgIpc) is 2.80. The summed E-state index contributed by atoms with van der Waals surface area (Å²) >= 11 is 7.03. The molecular weight excluding hydrogens is 375 g/mol. The molecule has 19 heavy (non-hydrogen) atoms. The minimum absolute atomic E-state index is 0.183. The smallest absolute Gasteiger partial charge is 0.257 e. The quantitative estimate of drug-likeness (QED) is 0.558. The molecule has 0 aliphatic carbocycles. The summed E-state index contributed by atoms with van der Waals surface area (Å²) in [5.41, 5.74) is 7.72. The number of halogens is 1. The molecule has 0 saturated heterocycles. The first-order chi connectivity index (χ1) is 9.00. The Hall–Kier alpha value is -1.48. The number of hydrogen-bond donors (Lipinski definition) is 3. The lowest BCUT2D eigenvalue weighted by atomic mass is 10.1. The Labute approximate surface area is 129 Å². The molecule has 1 amide bonds. The molecule has 0 saturated carbocycles. The standard InChI is InChI=1S/C12H11IN4OS/c1-6-3-2-4-7(9(6)13)12(18)16-11-8(10(14)19)5-15-17-11/h2-5H,1H3,(H2,14,19)(H2,15,16,17,18). The summed E-state index contributed by atoms with van der Waals surface area (Å²) in [5, 5.41) is 9.22. The summed E-state index contributed by atoms with van der Waals surface area (Å²) < 4.78 is 0.911. The largest absolute Gasteiger partial charge is 0.389 e. The number of anilines is 1. The molecule has 5 nitrogen and oxygen atoms in total. The van der Waals surface area contributed by atoms with E-state index < -0.39 is 0 Å². The first kappa shape index (κ1) is 13.9. The number of aryl methyl sites for hydroxylation is 1. The van der Waals surface area contributed by atoms with Gasteiger partial charge in [-0.3, -0.25) is 9.89 Å². The second kappa shape index (κ2) is 5.66. The van der Waals surface area contributed by atoms with Crippen LogP contribution < -0.4 is 11.1 Å². The number of hydrogen-bond acceptors (Lipinski definition) is 3. The van der Waals surface area contributed by atoms with Crippen molar-refractivity contribution in [2.45, 2.75) is 6.92 Å². The number of nitrogens with zero attached hydrogens (tertiary/aromatic N) is 1. The van der Waals surface area contributed by atoms with E-state index in [0.29, 0.717) is 16.9 Å². The summed E-state index contributed by atoms with van der Waals surface area (Å²) in [6, 6.07) is 5.56. The van der Waals surface area contributed by atoms with E-state index in [-0.39, 0.29) is 10.9 Å². The van der Waals surface area contributed by atoms with Crippen LogP contribution in [0.2, 0.25) is 0 Å². The lowest BCUT2D eigenvalue weighted by Crippen LogP contribution is -2.18. The highest BCUT2D eigenvalue weighted by Crippen LogP contribution is 2.19. The first-order valence-corrected chi connectivity index (χ1v) is 6.89. The van der Waals surface area contributed by atoms with Gasteiger partial charge in [-0.05, 0) is 41.1 Å². The molecule has 1 aromatic carbocycles. The Balaban J connectivity index is 2.29. The van der Waals surface area contributed by atoms with Crippen molar-refractivity contribution in [1.29, 1.82) is 0 Å². The Morgan fingerprint density at radius 1 is 1.47 bits per heavy atom. The number of H-pyrrole nitrogens is 1. The van der Waals surface area contributed by atoms with E-state index in [0.717, 1.165) is 9.13 Å². The van der Waals surface area contributed by atoms with Crippen molar-refractivity contribution in [2.75, 3.05) is 5.32 Å². The van der Waals surface area contributed by atoms with Crippen LogP contribution in [0, 0.1) is 10.5 Å². The van der Waals surface area contributed by atoms with Crippen LogP contribution >= 0.6 is 34.8 Å². The molecule has 1 aromatic heterocycles. The second-order valence-corrected chi connectivity index (χ2v) is 5.43. The number of amides is 1. The van der Waals surface area contributed by atoms with Gasteiger partial charge in [-0.15, -0.1) is 0 Å². The maximum atomic E-state index is 12.2. The van der Waals surface area contributed by atoms with Crippen LogP contribution in [0.4, 0.5) is 5.82 Å². The van der Waals surface area contributed by atoms with Gasteiger partial charge in [-0.25, -0.2) is 0 Å². The lowest BCUT2D eigenvalue weighted by Gasteiger charge is -2.08. The molecule has 0 fully saturated rings. The number of carbonyl (C=O) groups excluding carboxylic acids is 1. The van der Waals surface area contributed by atoms with Gasteiger partial charge < -0.3 is 11.1 Å². The fourth-order valence-corrected chi connectivity index (χ4v) is 2.33. The fraction of sp³-hybridized carbons (Fsp3) is 0.0833. The summed E-state index contributed by atoms with van der Waals surface area (Å²) in [4.78, 5) is 12.4. The molecule has 0 spiro atoms. The van der Waals surface area contributed by atoms with Gasteiger partial charge in [0.1, 0.15) is 10.8 Å². The summed E-state index contributed by atoms with van der Waals surface area (Å²) in [7, 11) is 0. The zero-order valence-corrected chi connectivity index (χ0v) is 13.0. The molecule has 0 radical (unpaired) electrons. The molecular formula is C12H11IN4OS. The van der Waals surface area contributed by atoms with Crippen LogP contribution in [0.5, 0.6) is 0 Å². The SMILES string of the molecule is Cc1cccc(C(=O)Nc2[nH]ncc2C(N)=S)c1I. The highest BCUT2D eigenvalue weighted by molar-refractivity contribution is 14.1. The maximum absolute atomic E-state index is 12.2. The highest BCUT2D eigenvalue weighted by atomic mass is 127. The van der Waals surface area contributed by atoms with Crippen LogP contribution in [-0.2, 0) is 0 Å². The van der Waals surface area contributed by atoms with Crippen molar-refractivity contribution >= 4 is 51.5 Å². The Morgan fingerprint density at radius 3 is 2.89 bits per heavy atom. The molecule has 0 bridgehead atoms. The summed E-state index contributed by atoms with van der Waals surface area (Å²) in [5.74, 6) is 0.185. The number of thiocarbonyl (C=S) groups is 1. The minimum atomic E-state index is -0.227. The predicted molar refractivity (Wildman–Crippen MR) is 86.3 cm³/mol. The predicted octanol–water partition coefficient (Wildman–Crippen LogP) is 2.21. The van der Waals surface area contributed by atoms with Crippen molar-refractivity contribution in [3.05, 3.63) is 44.7 Å². The van der Waals surface area contributed by atoms with Gasteiger partial charge in [0.25, 0.3) is 5.91 Å². The van der Waals surface area contributed by atoms with Gasteiger partial charge in [0.15, 0.2) is 0 Å². The molecule has 98 valence electrons. The van der Waals surface area contributed by atoms with E-state index in [9.17, 15) is 4.79 Å². The Morgan fingerprint density at radius 2 is 2.21 bits per heavy atom. The van der Waals surface area contributed by atoms with Gasteiger partial charge in [-0.2, -0.15) is 5.10 Å². The van der Waals surface area contributed by atoms with E-state index in [2.05, 4.69) is 38.1 Å². The van der Waals surface area contributed by atoms with E-state index in [1.54, 1.807) is 6.07 Å². The zero-order chi connectivity index (χ0) is 14.0. The van der Waals surface area contributed by atoms with Crippen LogP contribution in [0.25, 0.3) is 0 Å². The number of aromatic amines is 1.